The molecule has 1 aliphatic rings. The molecule has 2 rings (SSSR count). The molecule has 1 saturated heterocycles. The van der Waals surface area contributed by atoms with E-state index in [4.69, 9.17) is 9.47 Å². The summed E-state index contributed by atoms with van der Waals surface area (Å²) in [5, 5.41) is 2.86. The van der Waals surface area contributed by atoms with Crippen molar-refractivity contribution in [3.63, 3.8) is 0 Å². The van der Waals surface area contributed by atoms with E-state index in [1.54, 1.807) is 24.3 Å². The third-order valence-electron chi connectivity index (χ3n) is 3.76. The molecule has 0 radical (unpaired) electrons. The minimum atomic E-state index is -0.350. The number of nitrogens with one attached hydrogen (secondary N) is 1. The second-order valence-corrected chi connectivity index (χ2v) is 5.43. The fourth-order valence-corrected chi connectivity index (χ4v) is 2.55. The van der Waals surface area contributed by atoms with E-state index in [1.807, 2.05) is 6.07 Å². The van der Waals surface area contributed by atoms with Gasteiger partial charge < -0.3 is 19.7 Å². The number of aromatic nitrogens is 1. The van der Waals surface area contributed by atoms with Crippen molar-refractivity contribution in [2.45, 2.75) is 32.4 Å². The zero-order valence-electron chi connectivity index (χ0n) is 13.6. The predicted molar refractivity (Wildman–Crippen MR) is 83.9 cm³/mol. The van der Waals surface area contributed by atoms with Gasteiger partial charge in [-0.2, -0.15) is 0 Å². The van der Waals surface area contributed by atoms with Crippen molar-refractivity contribution < 1.29 is 19.1 Å². The van der Waals surface area contributed by atoms with Crippen LogP contribution < -0.4 is 10.1 Å². The zero-order valence-corrected chi connectivity index (χ0v) is 13.6. The fraction of sp³-hybridized carbons (Fsp3) is 0.562. The molecule has 126 valence electrons. The number of rotatable bonds is 7. The van der Waals surface area contributed by atoms with E-state index in [-0.39, 0.29) is 17.9 Å². The third-order valence-corrected chi connectivity index (χ3v) is 3.76. The van der Waals surface area contributed by atoms with Crippen LogP contribution in [0.4, 0.5) is 0 Å². The van der Waals surface area contributed by atoms with Crippen molar-refractivity contribution in [1.29, 1.82) is 0 Å². The third kappa shape index (κ3) is 4.92. The maximum atomic E-state index is 12.2. The summed E-state index contributed by atoms with van der Waals surface area (Å²) in [5.41, 5.74) is 0.879. The molecule has 1 N–H and O–H groups in total. The Morgan fingerprint density at radius 1 is 1.39 bits per heavy atom. The zero-order chi connectivity index (χ0) is 16.7. The highest BCUT2D eigenvalue weighted by Crippen LogP contribution is 2.17. The van der Waals surface area contributed by atoms with Crippen molar-refractivity contribution in [3.05, 3.63) is 23.9 Å². The highest BCUT2D eigenvalue weighted by atomic mass is 16.5. The highest BCUT2D eigenvalue weighted by molar-refractivity contribution is 5.87. The van der Waals surface area contributed by atoms with Crippen LogP contribution in [-0.2, 0) is 20.9 Å². The van der Waals surface area contributed by atoms with Crippen molar-refractivity contribution in [2.24, 2.45) is 0 Å². The minimum Gasteiger partial charge on any atom is -0.475 e. The quantitative estimate of drug-likeness (QED) is 0.749. The largest absolute Gasteiger partial charge is 0.475 e. The van der Waals surface area contributed by atoms with Gasteiger partial charge in [0.15, 0.2) is 0 Å². The SMILES string of the molecule is COCCOc1ccc(CNC(=O)[C@@H]2CCCN2C(C)=O)cn1. The molecule has 1 atom stereocenters. The molecule has 0 aromatic carbocycles. The van der Waals surface area contributed by atoms with Crippen LogP contribution in [0.2, 0.25) is 0 Å². The van der Waals surface area contributed by atoms with Crippen LogP contribution in [-0.4, -0.2) is 54.6 Å². The van der Waals surface area contributed by atoms with Crippen LogP contribution in [0.25, 0.3) is 0 Å². The fourth-order valence-electron chi connectivity index (χ4n) is 2.55. The van der Waals surface area contributed by atoms with Gasteiger partial charge in [0.05, 0.1) is 6.61 Å². The lowest BCUT2D eigenvalue weighted by molar-refractivity contribution is -0.136. The van der Waals surface area contributed by atoms with E-state index >= 15 is 0 Å². The Balaban J connectivity index is 1.81. The number of ether oxygens (including phenoxy) is 2. The summed E-state index contributed by atoms with van der Waals surface area (Å²) in [7, 11) is 1.61. The highest BCUT2D eigenvalue weighted by Gasteiger charge is 2.31. The summed E-state index contributed by atoms with van der Waals surface area (Å²) in [6.07, 6.45) is 3.25. The monoisotopic (exact) mass is 321 g/mol. The molecule has 1 fully saturated rings. The average molecular weight is 321 g/mol. The van der Waals surface area contributed by atoms with Crippen LogP contribution >= 0.6 is 0 Å². The predicted octanol–water partition coefficient (Wildman–Crippen LogP) is 0.734. The van der Waals surface area contributed by atoms with Gasteiger partial charge in [0, 0.05) is 39.4 Å². The van der Waals surface area contributed by atoms with Crippen LogP contribution in [0.3, 0.4) is 0 Å². The second kappa shape index (κ2) is 8.47. The molecule has 7 heteroatoms. The molecular formula is C16H23N3O4. The van der Waals surface area contributed by atoms with Gasteiger partial charge in [0.1, 0.15) is 12.6 Å². The average Bonchev–Trinajstić information content (AvgIpc) is 3.04. The van der Waals surface area contributed by atoms with Crippen molar-refractivity contribution in [2.75, 3.05) is 26.9 Å². The Bertz CT molecular complexity index is 533. The van der Waals surface area contributed by atoms with Gasteiger partial charge in [-0.15, -0.1) is 0 Å². The lowest BCUT2D eigenvalue weighted by Crippen LogP contribution is -2.44. The minimum absolute atomic E-state index is 0.0538. The molecular weight excluding hydrogens is 298 g/mol. The van der Waals surface area contributed by atoms with Gasteiger partial charge in [-0.3, -0.25) is 9.59 Å². The number of pyridine rings is 1. The van der Waals surface area contributed by atoms with Crippen LogP contribution in [0.1, 0.15) is 25.3 Å². The van der Waals surface area contributed by atoms with E-state index < -0.39 is 0 Å². The summed E-state index contributed by atoms with van der Waals surface area (Å²) in [6.45, 7) is 3.49. The summed E-state index contributed by atoms with van der Waals surface area (Å²) < 4.78 is 10.3. The number of carbonyl (C=O) groups excluding carboxylic acids is 2. The number of carbonyl (C=O) groups is 2. The number of hydrogen-bond acceptors (Lipinski definition) is 5. The van der Waals surface area contributed by atoms with E-state index in [1.165, 1.54) is 6.92 Å². The Morgan fingerprint density at radius 3 is 2.87 bits per heavy atom. The smallest absolute Gasteiger partial charge is 0.243 e. The Kier molecular flexibility index (Phi) is 6.34. The topological polar surface area (TPSA) is 80.8 Å². The summed E-state index contributed by atoms with van der Waals surface area (Å²) in [4.78, 5) is 29.5. The van der Waals surface area contributed by atoms with Gasteiger partial charge >= 0.3 is 0 Å². The van der Waals surface area contributed by atoms with E-state index in [2.05, 4.69) is 10.3 Å². The van der Waals surface area contributed by atoms with E-state index in [9.17, 15) is 9.59 Å². The molecule has 1 aromatic heterocycles. The second-order valence-electron chi connectivity index (χ2n) is 5.43. The number of amides is 2. The molecule has 23 heavy (non-hydrogen) atoms. The Labute approximate surface area is 136 Å². The first kappa shape index (κ1) is 17.2. The normalized spacial score (nSPS) is 17.1. The molecule has 0 aliphatic carbocycles. The molecule has 1 aliphatic heterocycles. The van der Waals surface area contributed by atoms with Crippen LogP contribution in [0.5, 0.6) is 5.88 Å². The lowest BCUT2D eigenvalue weighted by Gasteiger charge is -2.22. The standard InChI is InChI=1S/C16H23N3O4/c1-12(20)19-7-3-4-14(19)16(21)18-11-13-5-6-15(17-10-13)23-9-8-22-2/h5-6,10,14H,3-4,7-9,11H2,1-2H3,(H,18,21)/t14-/m0/s1. The Hall–Kier alpha value is -2.15. The van der Waals surface area contributed by atoms with Gasteiger partial charge in [0.2, 0.25) is 17.7 Å². The number of likely N-dealkylation sites (tertiary alicyclic amines) is 1. The molecule has 0 unspecified atom stereocenters. The van der Waals surface area contributed by atoms with Crippen LogP contribution in [0, 0.1) is 0 Å². The first-order chi connectivity index (χ1) is 11.1. The molecule has 1 aromatic rings. The first-order valence-corrected chi connectivity index (χ1v) is 7.73. The number of nitrogens with zero attached hydrogens (tertiary/aromatic N) is 2. The number of methoxy groups -OCH3 is 1. The maximum absolute atomic E-state index is 12.2. The lowest BCUT2D eigenvalue weighted by atomic mass is 10.2. The first-order valence-electron chi connectivity index (χ1n) is 7.73. The van der Waals surface area contributed by atoms with Crippen molar-refractivity contribution in [3.8, 4) is 5.88 Å². The molecule has 7 nitrogen and oxygen atoms in total. The number of hydrogen-bond donors (Lipinski definition) is 1. The van der Waals surface area contributed by atoms with E-state index in [0.717, 1.165) is 18.4 Å². The maximum Gasteiger partial charge on any atom is 0.243 e. The van der Waals surface area contributed by atoms with Gasteiger partial charge in [0.25, 0.3) is 0 Å². The molecule has 0 bridgehead atoms. The van der Waals surface area contributed by atoms with Gasteiger partial charge in [-0.1, -0.05) is 6.07 Å². The summed E-state index contributed by atoms with van der Waals surface area (Å²) >= 11 is 0. The Morgan fingerprint density at radius 2 is 2.22 bits per heavy atom. The summed E-state index contributed by atoms with van der Waals surface area (Å²) in [6, 6.07) is 3.26. The van der Waals surface area contributed by atoms with Gasteiger partial charge in [-0.05, 0) is 18.4 Å². The molecule has 0 saturated carbocycles. The molecule has 0 spiro atoms. The molecule has 2 amide bonds. The van der Waals surface area contributed by atoms with E-state index in [0.29, 0.717) is 32.2 Å². The van der Waals surface area contributed by atoms with Crippen molar-refractivity contribution in [1.82, 2.24) is 15.2 Å². The van der Waals surface area contributed by atoms with Gasteiger partial charge in [-0.25, -0.2) is 4.98 Å². The summed E-state index contributed by atoms with van der Waals surface area (Å²) in [5.74, 6) is 0.357. The molecule has 2 heterocycles. The van der Waals surface area contributed by atoms with Crippen molar-refractivity contribution >= 4 is 11.8 Å². The van der Waals surface area contributed by atoms with Crippen LogP contribution in [0.15, 0.2) is 18.3 Å².